The molecule has 33 heavy (non-hydrogen) atoms. The largest absolute Gasteiger partial charge is 0.370 e. The summed E-state index contributed by atoms with van der Waals surface area (Å²) in [6, 6.07) is 22.1. The first-order chi connectivity index (χ1) is 16.1. The van der Waals surface area contributed by atoms with Crippen LogP contribution in [0.4, 0.5) is 27.5 Å². The molecule has 1 heterocycles. The summed E-state index contributed by atoms with van der Waals surface area (Å²) in [5, 5.41) is 8.83. The molecule has 0 bridgehead atoms. The summed E-state index contributed by atoms with van der Waals surface area (Å²) in [5.41, 5.74) is 4.71. The standard InChI is InChI=1S/C27H30N4O2/c1-20-11-13-22(14-12-20)29-27(33)30-24-19-23(28-26(32)21-9-5-4-6-10-21)15-16-25(24)31-17-7-2-3-8-18-31/h4-6,9-16,19H,2-3,7-8,17-18H2,1H3,(H,28,32)(H2,29,30,33). The summed E-state index contributed by atoms with van der Waals surface area (Å²) in [6.45, 7) is 3.90. The SMILES string of the molecule is Cc1ccc(NC(=O)Nc2cc(NC(=O)c3ccccc3)ccc2N2CCCCCC2)cc1. The number of carbonyl (C=O) groups is 2. The third-order valence-electron chi connectivity index (χ3n) is 5.79. The number of nitrogens with zero attached hydrogens (tertiary/aromatic N) is 1. The van der Waals surface area contributed by atoms with E-state index in [1.807, 2.05) is 67.6 Å². The molecule has 3 amide bonds. The van der Waals surface area contributed by atoms with E-state index in [9.17, 15) is 9.59 Å². The van der Waals surface area contributed by atoms with E-state index in [0.29, 0.717) is 16.9 Å². The van der Waals surface area contributed by atoms with Crippen molar-refractivity contribution in [2.45, 2.75) is 32.6 Å². The molecular formula is C27H30N4O2. The number of amides is 3. The maximum absolute atomic E-state index is 12.8. The van der Waals surface area contributed by atoms with E-state index in [2.05, 4.69) is 20.9 Å². The molecule has 1 aliphatic rings. The van der Waals surface area contributed by atoms with Crippen LogP contribution >= 0.6 is 0 Å². The van der Waals surface area contributed by atoms with Gasteiger partial charge < -0.3 is 20.9 Å². The lowest BCUT2D eigenvalue weighted by Gasteiger charge is -2.26. The second-order valence-corrected chi connectivity index (χ2v) is 8.40. The molecule has 4 rings (SSSR count). The van der Waals surface area contributed by atoms with E-state index in [-0.39, 0.29) is 11.9 Å². The fourth-order valence-corrected chi connectivity index (χ4v) is 4.02. The molecule has 0 aromatic heterocycles. The first kappa shape index (κ1) is 22.4. The van der Waals surface area contributed by atoms with Crippen molar-refractivity contribution in [1.82, 2.24) is 0 Å². The number of hydrogen-bond donors (Lipinski definition) is 3. The summed E-state index contributed by atoms with van der Waals surface area (Å²) in [5.74, 6) is -0.187. The Kier molecular flexibility index (Phi) is 7.25. The Morgan fingerprint density at radius 2 is 1.39 bits per heavy atom. The molecular weight excluding hydrogens is 412 g/mol. The number of aryl methyl sites for hydroxylation is 1. The van der Waals surface area contributed by atoms with Gasteiger partial charge in [-0.25, -0.2) is 4.79 Å². The molecule has 6 nitrogen and oxygen atoms in total. The topological polar surface area (TPSA) is 73.5 Å². The van der Waals surface area contributed by atoms with E-state index in [1.165, 1.54) is 12.8 Å². The lowest BCUT2D eigenvalue weighted by atomic mass is 10.1. The van der Waals surface area contributed by atoms with Gasteiger partial charge in [0.05, 0.1) is 11.4 Å². The summed E-state index contributed by atoms with van der Waals surface area (Å²) < 4.78 is 0. The van der Waals surface area contributed by atoms with Crippen molar-refractivity contribution < 1.29 is 9.59 Å². The molecule has 0 spiro atoms. The quantitative estimate of drug-likeness (QED) is 0.436. The monoisotopic (exact) mass is 442 g/mol. The van der Waals surface area contributed by atoms with Crippen molar-refractivity contribution in [1.29, 1.82) is 0 Å². The van der Waals surface area contributed by atoms with Crippen LogP contribution in [0.15, 0.2) is 72.8 Å². The zero-order valence-electron chi connectivity index (χ0n) is 18.9. The molecule has 3 aromatic carbocycles. The Balaban J connectivity index is 1.56. The number of benzene rings is 3. The second-order valence-electron chi connectivity index (χ2n) is 8.40. The Morgan fingerprint density at radius 1 is 0.727 bits per heavy atom. The molecule has 3 N–H and O–H groups in total. The van der Waals surface area contributed by atoms with Gasteiger partial charge in [0.1, 0.15) is 0 Å². The van der Waals surface area contributed by atoms with Gasteiger partial charge in [0.25, 0.3) is 5.91 Å². The molecule has 0 aliphatic carbocycles. The van der Waals surface area contributed by atoms with Gasteiger partial charge in [0, 0.05) is 30.0 Å². The van der Waals surface area contributed by atoms with Crippen molar-refractivity contribution in [3.63, 3.8) is 0 Å². The van der Waals surface area contributed by atoms with Crippen LogP contribution in [0.1, 0.15) is 41.6 Å². The minimum Gasteiger partial charge on any atom is -0.370 e. The molecule has 3 aromatic rings. The molecule has 0 radical (unpaired) electrons. The van der Waals surface area contributed by atoms with Crippen LogP contribution < -0.4 is 20.9 Å². The summed E-state index contributed by atoms with van der Waals surface area (Å²) in [4.78, 5) is 27.7. The fourth-order valence-electron chi connectivity index (χ4n) is 4.02. The zero-order valence-corrected chi connectivity index (χ0v) is 18.9. The van der Waals surface area contributed by atoms with Gasteiger partial charge in [-0.05, 0) is 62.2 Å². The van der Waals surface area contributed by atoms with E-state index >= 15 is 0 Å². The van der Waals surface area contributed by atoms with Crippen molar-refractivity contribution in [3.8, 4) is 0 Å². The molecule has 6 heteroatoms. The van der Waals surface area contributed by atoms with Gasteiger partial charge in [0.15, 0.2) is 0 Å². The Bertz CT molecular complexity index is 1090. The van der Waals surface area contributed by atoms with E-state index in [4.69, 9.17) is 0 Å². The molecule has 170 valence electrons. The first-order valence-electron chi connectivity index (χ1n) is 11.5. The summed E-state index contributed by atoms with van der Waals surface area (Å²) in [6.07, 6.45) is 4.69. The predicted molar refractivity (Wildman–Crippen MR) is 135 cm³/mol. The Hall–Kier alpha value is -3.80. The Labute approximate surface area is 195 Å². The van der Waals surface area contributed by atoms with Crippen LogP contribution in [0.25, 0.3) is 0 Å². The molecule has 1 saturated heterocycles. The normalized spacial score (nSPS) is 13.7. The molecule has 0 unspecified atom stereocenters. The minimum atomic E-state index is -0.318. The molecule has 0 atom stereocenters. The van der Waals surface area contributed by atoms with E-state index in [1.54, 1.807) is 12.1 Å². The number of hydrogen-bond acceptors (Lipinski definition) is 3. The highest BCUT2D eigenvalue weighted by atomic mass is 16.2. The minimum absolute atomic E-state index is 0.187. The smallest absolute Gasteiger partial charge is 0.323 e. The van der Waals surface area contributed by atoms with Gasteiger partial charge in [-0.15, -0.1) is 0 Å². The van der Waals surface area contributed by atoms with E-state index in [0.717, 1.165) is 42.9 Å². The number of urea groups is 1. The van der Waals surface area contributed by atoms with Crippen LogP contribution in [0, 0.1) is 6.92 Å². The number of carbonyl (C=O) groups excluding carboxylic acids is 2. The van der Waals surface area contributed by atoms with Gasteiger partial charge in [-0.2, -0.15) is 0 Å². The number of rotatable bonds is 5. The molecule has 1 aliphatic heterocycles. The van der Waals surface area contributed by atoms with Gasteiger partial charge in [0.2, 0.25) is 0 Å². The lowest BCUT2D eigenvalue weighted by molar-refractivity contribution is 0.102. The van der Waals surface area contributed by atoms with Crippen LogP contribution in [0.2, 0.25) is 0 Å². The maximum Gasteiger partial charge on any atom is 0.323 e. The average Bonchev–Trinajstić information content (AvgIpc) is 3.11. The van der Waals surface area contributed by atoms with Crippen LogP contribution in [0.5, 0.6) is 0 Å². The van der Waals surface area contributed by atoms with Gasteiger partial charge >= 0.3 is 6.03 Å². The van der Waals surface area contributed by atoms with Gasteiger partial charge in [-0.1, -0.05) is 48.7 Å². The number of anilines is 4. The highest BCUT2D eigenvalue weighted by Gasteiger charge is 2.17. The third-order valence-corrected chi connectivity index (χ3v) is 5.79. The van der Waals surface area contributed by atoms with Crippen LogP contribution in [0.3, 0.4) is 0 Å². The number of nitrogens with one attached hydrogen (secondary N) is 3. The highest BCUT2D eigenvalue weighted by molar-refractivity contribution is 6.06. The van der Waals surface area contributed by atoms with E-state index < -0.39 is 0 Å². The lowest BCUT2D eigenvalue weighted by Crippen LogP contribution is -2.27. The molecule has 1 fully saturated rings. The van der Waals surface area contributed by atoms with Gasteiger partial charge in [-0.3, -0.25) is 4.79 Å². The van der Waals surface area contributed by atoms with Crippen LogP contribution in [-0.4, -0.2) is 25.0 Å². The van der Waals surface area contributed by atoms with Crippen molar-refractivity contribution in [2.75, 3.05) is 33.9 Å². The van der Waals surface area contributed by atoms with Crippen molar-refractivity contribution in [3.05, 3.63) is 83.9 Å². The third kappa shape index (κ3) is 6.13. The first-order valence-corrected chi connectivity index (χ1v) is 11.5. The second kappa shape index (κ2) is 10.7. The average molecular weight is 443 g/mol. The Morgan fingerprint density at radius 3 is 2.09 bits per heavy atom. The van der Waals surface area contributed by atoms with Crippen LogP contribution in [-0.2, 0) is 0 Å². The molecule has 0 saturated carbocycles. The highest BCUT2D eigenvalue weighted by Crippen LogP contribution is 2.31. The zero-order chi connectivity index (χ0) is 23.0. The summed E-state index contributed by atoms with van der Waals surface area (Å²) in [7, 11) is 0. The summed E-state index contributed by atoms with van der Waals surface area (Å²) >= 11 is 0. The predicted octanol–water partition coefficient (Wildman–Crippen LogP) is 6.27. The maximum atomic E-state index is 12.8. The fraction of sp³-hybridized carbons (Fsp3) is 0.259. The van der Waals surface area contributed by atoms with Crippen molar-refractivity contribution in [2.24, 2.45) is 0 Å². The van der Waals surface area contributed by atoms with Crippen molar-refractivity contribution >= 4 is 34.7 Å².